The molecule has 0 aliphatic heterocycles. The van der Waals surface area contributed by atoms with Crippen molar-refractivity contribution in [2.45, 2.75) is 26.3 Å². The number of hydrogen-bond acceptors (Lipinski definition) is 5. The Morgan fingerprint density at radius 2 is 2.29 bits per heavy atom. The third-order valence-corrected chi connectivity index (χ3v) is 4.24. The molecule has 0 saturated heterocycles. The normalized spacial score (nSPS) is 12.9. The Balaban J connectivity index is 2.05. The fourth-order valence-corrected chi connectivity index (χ4v) is 3.03. The van der Waals surface area contributed by atoms with Crippen molar-refractivity contribution in [3.05, 3.63) is 46.4 Å². The second-order valence-corrected chi connectivity index (χ2v) is 5.70. The van der Waals surface area contributed by atoms with Crippen LogP contribution in [0.25, 0.3) is 11.0 Å². The molecule has 2 aromatic heterocycles. The van der Waals surface area contributed by atoms with E-state index >= 15 is 0 Å². The van der Waals surface area contributed by atoms with Gasteiger partial charge in [-0.3, -0.25) is 0 Å². The van der Waals surface area contributed by atoms with Crippen molar-refractivity contribution >= 4 is 22.5 Å². The molecule has 0 spiro atoms. The summed E-state index contributed by atoms with van der Waals surface area (Å²) in [5.41, 5.74) is 1.17. The molecule has 1 aromatic carbocycles. The van der Waals surface area contributed by atoms with Gasteiger partial charge in [-0.1, -0.05) is 23.5 Å². The SMILES string of the molecule is CCCNC(c1cc2cccc(F)c2o1)c1snnc1C. The number of benzene rings is 1. The molecule has 0 bridgehead atoms. The first-order valence-electron chi connectivity index (χ1n) is 6.91. The molecule has 6 heteroatoms. The molecule has 0 saturated carbocycles. The van der Waals surface area contributed by atoms with Gasteiger partial charge in [-0.15, -0.1) is 5.10 Å². The molecule has 3 aromatic rings. The van der Waals surface area contributed by atoms with E-state index in [9.17, 15) is 4.39 Å². The lowest BCUT2D eigenvalue weighted by molar-refractivity contribution is 0.461. The van der Waals surface area contributed by atoms with Gasteiger partial charge >= 0.3 is 0 Å². The monoisotopic (exact) mass is 305 g/mol. The minimum atomic E-state index is -0.341. The molecule has 21 heavy (non-hydrogen) atoms. The molecule has 0 fully saturated rings. The van der Waals surface area contributed by atoms with Crippen molar-refractivity contribution in [3.63, 3.8) is 0 Å². The van der Waals surface area contributed by atoms with E-state index in [1.54, 1.807) is 6.07 Å². The lowest BCUT2D eigenvalue weighted by atomic mass is 10.1. The lowest BCUT2D eigenvalue weighted by Gasteiger charge is -2.14. The summed E-state index contributed by atoms with van der Waals surface area (Å²) >= 11 is 1.34. The molecule has 0 radical (unpaired) electrons. The zero-order chi connectivity index (χ0) is 14.8. The maximum Gasteiger partial charge on any atom is 0.169 e. The van der Waals surface area contributed by atoms with Crippen LogP contribution in [0.2, 0.25) is 0 Å². The quantitative estimate of drug-likeness (QED) is 0.778. The molecule has 4 nitrogen and oxygen atoms in total. The van der Waals surface area contributed by atoms with Gasteiger partial charge in [0.1, 0.15) is 11.8 Å². The number of furan rings is 1. The summed E-state index contributed by atoms with van der Waals surface area (Å²) in [7, 11) is 0. The first kappa shape index (κ1) is 14.2. The Morgan fingerprint density at radius 3 is 2.95 bits per heavy atom. The van der Waals surface area contributed by atoms with Crippen molar-refractivity contribution in [2.75, 3.05) is 6.54 Å². The molecule has 1 atom stereocenters. The third-order valence-electron chi connectivity index (χ3n) is 3.35. The molecule has 2 heterocycles. The van der Waals surface area contributed by atoms with Crippen LogP contribution < -0.4 is 5.32 Å². The summed E-state index contributed by atoms with van der Waals surface area (Å²) in [6.45, 7) is 4.85. The van der Waals surface area contributed by atoms with Crippen molar-refractivity contribution in [2.24, 2.45) is 0 Å². The number of hydrogen-bond donors (Lipinski definition) is 1. The van der Waals surface area contributed by atoms with Crippen LogP contribution in [0.1, 0.15) is 35.7 Å². The summed E-state index contributed by atoms with van der Waals surface area (Å²) in [5.74, 6) is 0.352. The van der Waals surface area contributed by atoms with E-state index in [-0.39, 0.29) is 11.9 Å². The third kappa shape index (κ3) is 2.69. The molecule has 110 valence electrons. The number of halogens is 1. The second kappa shape index (κ2) is 5.91. The standard InChI is InChI=1S/C15H16FN3OS/c1-3-7-17-13(15-9(2)18-19-21-15)12-8-10-5-4-6-11(16)14(10)20-12/h4-6,8,13,17H,3,7H2,1-2H3. The smallest absolute Gasteiger partial charge is 0.169 e. The van der Waals surface area contributed by atoms with E-state index in [4.69, 9.17) is 4.42 Å². The minimum absolute atomic E-state index is 0.142. The van der Waals surface area contributed by atoms with E-state index in [2.05, 4.69) is 21.8 Å². The van der Waals surface area contributed by atoms with E-state index in [0.717, 1.165) is 28.9 Å². The minimum Gasteiger partial charge on any atom is -0.456 e. The molecule has 1 unspecified atom stereocenters. The topological polar surface area (TPSA) is 51.0 Å². The predicted octanol–water partition coefficient (Wildman–Crippen LogP) is 3.82. The zero-order valence-corrected chi connectivity index (χ0v) is 12.7. The van der Waals surface area contributed by atoms with Crippen LogP contribution in [0.3, 0.4) is 0 Å². The molecule has 1 N–H and O–H groups in total. The van der Waals surface area contributed by atoms with Gasteiger partial charge in [-0.25, -0.2) is 4.39 Å². The summed E-state index contributed by atoms with van der Waals surface area (Å²) < 4.78 is 23.5. The van der Waals surface area contributed by atoms with Crippen LogP contribution in [0.5, 0.6) is 0 Å². The van der Waals surface area contributed by atoms with Crippen molar-refractivity contribution in [1.29, 1.82) is 0 Å². The number of rotatable bonds is 5. The van der Waals surface area contributed by atoms with Crippen molar-refractivity contribution in [3.8, 4) is 0 Å². The molecule has 0 amide bonds. The summed E-state index contributed by atoms with van der Waals surface area (Å²) in [6, 6.07) is 6.68. The Labute approximate surface area is 126 Å². The second-order valence-electron chi connectivity index (χ2n) is 4.92. The van der Waals surface area contributed by atoms with Crippen LogP contribution >= 0.6 is 11.5 Å². The number of nitrogens with one attached hydrogen (secondary N) is 1. The fraction of sp³-hybridized carbons (Fsp3) is 0.333. The van der Waals surface area contributed by atoms with Gasteiger partial charge in [0.05, 0.1) is 10.6 Å². The molecular formula is C15H16FN3OS. The van der Waals surface area contributed by atoms with Gasteiger partial charge in [0.2, 0.25) is 0 Å². The molecule has 0 aliphatic carbocycles. The largest absolute Gasteiger partial charge is 0.456 e. The molecule has 0 aliphatic rings. The Bertz CT molecular complexity index is 752. The van der Waals surface area contributed by atoms with Gasteiger partial charge in [-0.05, 0) is 43.6 Å². The Hall–Kier alpha value is -1.79. The average Bonchev–Trinajstić information content (AvgIpc) is 3.07. The average molecular weight is 305 g/mol. The van der Waals surface area contributed by atoms with Crippen LogP contribution in [0.4, 0.5) is 4.39 Å². The number of para-hydroxylation sites is 1. The first-order valence-corrected chi connectivity index (χ1v) is 7.68. The maximum atomic E-state index is 13.8. The number of nitrogens with zero attached hydrogens (tertiary/aromatic N) is 2. The number of aromatic nitrogens is 2. The van der Waals surface area contributed by atoms with Crippen molar-refractivity contribution in [1.82, 2.24) is 14.9 Å². The van der Waals surface area contributed by atoms with E-state index < -0.39 is 0 Å². The number of fused-ring (bicyclic) bond motifs is 1. The van der Waals surface area contributed by atoms with Gasteiger partial charge in [0, 0.05) is 5.39 Å². The highest BCUT2D eigenvalue weighted by atomic mass is 32.1. The van der Waals surface area contributed by atoms with E-state index in [1.165, 1.54) is 17.6 Å². The van der Waals surface area contributed by atoms with E-state index in [0.29, 0.717) is 11.3 Å². The first-order chi connectivity index (χ1) is 10.2. The lowest BCUT2D eigenvalue weighted by Crippen LogP contribution is -2.22. The highest BCUT2D eigenvalue weighted by Crippen LogP contribution is 2.32. The van der Waals surface area contributed by atoms with Crippen LogP contribution in [-0.2, 0) is 0 Å². The molecule has 3 rings (SSSR count). The summed E-state index contributed by atoms with van der Waals surface area (Å²) in [6.07, 6.45) is 0.996. The summed E-state index contributed by atoms with van der Waals surface area (Å²) in [5, 5.41) is 8.25. The van der Waals surface area contributed by atoms with Crippen molar-refractivity contribution < 1.29 is 8.81 Å². The Morgan fingerprint density at radius 1 is 1.43 bits per heavy atom. The van der Waals surface area contributed by atoms with Gasteiger partial charge < -0.3 is 9.73 Å². The summed E-state index contributed by atoms with van der Waals surface area (Å²) in [4.78, 5) is 1.00. The zero-order valence-electron chi connectivity index (χ0n) is 11.9. The van der Waals surface area contributed by atoms with E-state index in [1.807, 2.05) is 19.1 Å². The molecular weight excluding hydrogens is 289 g/mol. The highest BCUT2D eigenvalue weighted by Gasteiger charge is 2.23. The Kier molecular flexibility index (Phi) is 3.98. The van der Waals surface area contributed by atoms with Gasteiger partial charge in [-0.2, -0.15) is 0 Å². The number of aryl methyl sites for hydroxylation is 1. The van der Waals surface area contributed by atoms with Gasteiger partial charge in [0.25, 0.3) is 0 Å². The maximum absolute atomic E-state index is 13.8. The van der Waals surface area contributed by atoms with Gasteiger partial charge in [0.15, 0.2) is 11.4 Å². The van der Waals surface area contributed by atoms with Crippen LogP contribution in [-0.4, -0.2) is 16.1 Å². The van der Waals surface area contributed by atoms with Crippen LogP contribution in [0.15, 0.2) is 28.7 Å². The highest BCUT2D eigenvalue weighted by molar-refractivity contribution is 7.05. The fourth-order valence-electron chi connectivity index (χ4n) is 2.30. The predicted molar refractivity (Wildman–Crippen MR) is 81.0 cm³/mol. The van der Waals surface area contributed by atoms with Crippen LogP contribution in [0, 0.1) is 12.7 Å².